The van der Waals surface area contributed by atoms with Crippen molar-refractivity contribution in [3.63, 3.8) is 0 Å². The molecule has 1 aliphatic rings. The van der Waals surface area contributed by atoms with Crippen LogP contribution in [0.25, 0.3) is 0 Å². The van der Waals surface area contributed by atoms with Gasteiger partial charge < -0.3 is 21.3 Å². The lowest BCUT2D eigenvalue weighted by Crippen LogP contribution is -2.37. The van der Waals surface area contributed by atoms with Crippen LogP contribution in [0.4, 0.5) is 0 Å². The summed E-state index contributed by atoms with van der Waals surface area (Å²) in [6.45, 7) is 3.90. The first-order valence-corrected chi connectivity index (χ1v) is 5.86. The van der Waals surface area contributed by atoms with Gasteiger partial charge in [-0.25, -0.2) is 0 Å². The fraction of sp³-hybridized carbons (Fsp3) is 0.462. The van der Waals surface area contributed by atoms with Crippen LogP contribution >= 0.6 is 0 Å². The summed E-state index contributed by atoms with van der Waals surface area (Å²) in [6.07, 6.45) is -0.599. The highest BCUT2D eigenvalue weighted by Gasteiger charge is 2.32. The summed E-state index contributed by atoms with van der Waals surface area (Å²) < 4.78 is 5.82. The topological polar surface area (TPSA) is 98.6 Å². The quantitative estimate of drug-likeness (QED) is 0.721. The first kappa shape index (κ1) is 12.9. The van der Waals surface area contributed by atoms with E-state index < -0.39 is 12.0 Å². The highest BCUT2D eigenvalue weighted by atomic mass is 16.5. The molecule has 0 fully saturated rings. The number of hydrogen-bond donors (Lipinski definition) is 3. The molecule has 0 saturated carbocycles. The molecule has 0 aliphatic carbocycles. The van der Waals surface area contributed by atoms with E-state index in [4.69, 9.17) is 16.2 Å². The average Bonchev–Trinajstić information content (AvgIpc) is 2.25. The van der Waals surface area contributed by atoms with Crippen molar-refractivity contribution in [2.45, 2.75) is 38.0 Å². The third kappa shape index (κ3) is 2.32. The number of aliphatic hydroxyl groups is 1. The fourth-order valence-electron chi connectivity index (χ4n) is 2.26. The number of nitrogens with two attached hydrogens (primary N) is 2. The number of benzene rings is 1. The zero-order valence-corrected chi connectivity index (χ0v) is 10.5. The van der Waals surface area contributed by atoms with Crippen molar-refractivity contribution in [2.75, 3.05) is 0 Å². The third-order valence-corrected chi connectivity index (χ3v) is 3.12. The summed E-state index contributed by atoms with van der Waals surface area (Å²) >= 11 is 0. The molecule has 0 radical (unpaired) electrons. The minimum absolute atomic E-state index is 0.108. The Labute approximate surface area is 106 Å². The van der Waals surface area contributed by atoms with Crippen molar-refractivity contribution in [3.05, 3.63) is 29.3 Å². The van der Waals surface area contributed by atoms with E-state index in [1.807, 2.05) is 13.8 Å². The first-order valence-electron chi connectivity index (χ1n) is 5.86. The number of aliphatic hydroxyl groups excluding tert-OH is 1. The summed E-state index contributed by atoms with van der Waals surface area (Å²) in [4.78, 5) is 11.0. The zero-order chi connectivity index (χ0) is 13.5. The van der Waals surface area contributed by atoms with E-state index in [2.05, 4.69) is 0 Å². The summed E-state index contributed by atoms with van der Waals surface area (Å²) in [5.41, 5.74) is 12.1. The highest BCUT2D eigenvalue weighted by molar-refractivity contribution is 5.80. The molecule has 2 unspecified atom stereocenters. The van der Waals surface area contributed by atoms with Crippen molar-refractivity contribution >= 4 is 5.91 Å². The van der Waals surface area contributed by atoms with Crippen LogP contribution in [0.5, 0.6) is 5.75 Å². The van der Waals surface area contributed by atoms with Crippen molar-refractivity contribution in [1.29, 1.82) is 0 Å². The maximum atomic E-state index is 11.0. The van der Waals surface area contributed by atoms with Gasteiger partial charge in [0.15, 0.2) is 6.10 Å². The monoisotopic (exact) mass is 250 g/mol. The Kier molecular flexibility index (Phi) is 3.04. The van der Waals surface area contributed by atoms with Gasteiger partial charge in [0.1, 0.15) is 11.4 Å². The van der Waals surface area contributed by atoms with Crippen molar-refractivity contribution in [3.8, 4) is 5.75 Å². The fourth-order valence-corrected chi connectivity index (χ4v) is 2.26. The molecule has 2 rings (SSSR count). The van der Waals surface area contributed by atoms with Gasteiger partial charge in [0.2, 0.25) is 0 Å². The molecule has 1 aromatic rings. The predicted molar refractivity (Wildman–Crippen MR) is 66.8 cm³/mol. The van der Waals surface area contributed by atoms with E-state index >= 15 is 0 Å². The number of rotatable bonds is 2. The summed E-state index contributed by atoms with van der Waals surface area (Å²) in [5, 5.41) is 9.63. The Morgan fingerprint density at radius 1 is 1.56 bits per heavy atom. The Balaban J connectivity index is 2.40. The standard InChI is InChI=1S/C13H18N2O3/c1-13(2)6-9(14)8-4-3-7(5-10(8)18-13)11(16)12(15)17/h3-5,9,11,16H,6,14H2,1-2H3,(H2,15,17). The van der Waals surface area contributed by atoms with Crippen LogP contribution in [-0.4, -0.2) is 16.6 Å². The number of hydrogen-bond acceptors (Lipinski definition) is 4. The normalized spacial score (nSPS) is 22.8. The second-order valence-electron chi connectivity index (χ2n) is 5.27. The Morgan fingerprint density at radius 2 is 2.22 bits per heavy atom. The molecule has 0 saturated heterocycles. The van der Waals surface area contributed by atoms with E-state index in [-0.39, 0.29) is 11.6 Å². The third-order valence-electron chi connectivity index (χ3n) is 3.12. The molecule has 0 bridgehead atoms. The van der Waals surface area contributed by atoms with E-state index in [9.17, 15) is 9.90 Å². The number of amides is 1. The summed E-state index contributed by atoms with van der Waals surface area (Å²) in [6, 6.07) is 4.95. The lowest BCUT2D eigenvalue weighted by molar-refractivity contribution is -0.126. The molecule has 0 spiro atoms. The molecule has 2 atom stereocenters. The van der Waals surface area contributed by atoms with E-state index in [1.54, 1.807) is 18.2 Å². The highest BCUT2D eigenvalue weighted by Crippen LogP contribution is 2.39. The molecule has 1 amide bonds. The van der Waals surface area contributed by atoms with Gasteiger partial charge in [-0.05, 0) is 25.5 Å². The van der Waals surface area contributed by atoms with Crippen molar-refractivity contribution in [1.82, 2.24) is 0 Å². The van der Waals surface area contributed by atoms with Gasteiger partial charge in [-0.3, -0.25) is 4.79 Å². The smallest absolute Gasteiger partial charge is 0.250 e. The zero-order valence-electron chi connectivity index (χ0n) is 10.5. The van der Waals surface area contributed by atoms with Gasteiger partial charge in [0.25, 0.3) is 5.91 Å². The largest absolute Gasteiger partial charge is 0.487 e. The van der Waals surface area contributed by atoms with Crippen molar-refractivity contribution in [2.24, 2.45) is 11.5 Å². The minimum atomic E-state index is -1.32. The Hall–Kier alpha value is -1.59. The number of carbonyl (C=O) groups excluding carboxylic acids is 1. The lowest BCUT2D eigenvalue weighted by Gasteiger charge is -2.36. The minimum Gasteiger partial charge on any atom is -0.487 e. The van der Waals surface area contributed by atoms with Crippen LogP contribution in [0.15, 0.2) is 18.2 Å². The van der Waals surface area contributed by atoms with Gasteiger partial charge in [-0.15, -0.1) is 0 Å². The second-order valence-corrected chi connectivity index (χ2v) is 5.27. The second kappa shape index (κ2) is 4.26. The SMILES string of the molecule is CC1(C)CC(N)c2ccc(C(O)C(N)=O)cc2O1. The number of primary amides is 1. The summed E-state index contributed by atoms with van der Waals surface area (Å²) in [5.74, 6) is -0.175. The van der Waals surface area contributed by atoms with Crippen LogP contribution in [0.3, 0.4) is 0 Å². The number of carbonyl (C=O) groups is 1. The molecular weight excluding hydrogens is 232 g/mol. The molecule has 5 nitrogen and oxygen atoms in total. The predicted octanol–water partition coefficient (Wildman–Crippen LogP) is 0.766. The molecule has 1 aromatic carbocycles. The van der Waals surface area contributed by atoms with Crippen LogP contribution in [-0.2, 0) is 4.79 Å². The van der Waals surface area contributed by atoms with Crippen LogP contribution in [0, 0.1) is 0 Å². The molecule has 98 valence electrons. The Morgan fingerprint density at radius 3 is 2.83 bits per heavy atom. The first-order chi connectivity index (χ1) is 8.30. The molecule has 5 heteroatoms. The molecular formula is C13H18N2O3. The lowest BCUT2D eigenvalue weighted by atomic mass is 9.89. The maximum absolute atomic E-state index is 11.0. The van der Waals surface area contributed by atoms with E-state index in [1.165, 1.54) is 0 Å². The van der Waals surface area contributed by atoms with Gasteiger partial charge in [0.05, 0.1) is 0 Å². The van der Waals surface area contributed by atoms with Gasteiger partial charge in [-0.1, -0.05) is 12.1 Å². The van der Waals surface area contributed by atoms with Crippen LogP contribution in [0.1, 0.15) is 43.5 Å². The molecule has 5 N–H and O–H groups in total. The maximum Gasteiger partial charge on any atom is 0.250 e. The summed E-state index contributed by atoms with van der Waals surface area (Å²) in [7, 11) is 0. The molecule has 0 aromatic heterocycles. The number of fused-ring (bicyclic) bond motifs is 1. The van der Waals surface area contributed by atoms with E-state index in [0.717, 1.165) is 12.0 Å². The van der Waals surface area contributed by atoms with Crippen LogP contribution in [0.2, 0.25) is 0 Å². The molecule has 1 aliphatic heterocycles. The van der Waals surface area contributed by atoms with Crippen molar-refractivity contribution < 1.29 is 14.6 Å². The number of ether oxygens (including phenoxy) is 1. The van der Waals surface area contributed by atoms with Gasteiger partial charge in [-0.2, -0.15) is 0 Å². The molecule has 18 heavy (non-hydrogen) atoms. The van der Waals surface area contributed by atoms with Crippen LogP contribution < -0.4 is 16.2 Å². The van der Waals surface area contributed by atoms with Gasteiger partial charge in [0, 0.05) is 18.0 Å². The Bertz CT molecular complexity index is 485. The molecule has 1 heterocycles. The van der Waals surface area contributed by atoms with E-state index in [0.29, 0.717) is 11.3 Å². The average molecular weight is 250 g/mol. The van der Waals surface area contributed by atoms with Gasteiger partial charge >= 0.3 is 0 Å².